The first-order valence-corrected chi connectivity index (χ1v) is 14.7. The summed E-state index contributed by atoms with van der Waals surface area (Å²) < 4.78 is 44.4. The van der Waals surface area contributed by atoms with Gasteiger partial charge in [0.1, 0.15) is 5.60 Å². The maximum Gasteiger partial charge on any atom is 0.315 e. The van der Waals surface area contributed by atoms with E-state index in [9.17, 15) is 23.4 Å². The number of rotatable bonds is 8. The number of nitrogens with zero attached hydrogens (tertiary/aromatic N) is 1. The predicted molar refractivity (Wildman–Crippen MR) is 126 cm³/mol. The summed E-state index contributed by atoms with van der Waals surface area (Å²) in [6.45, 7) is 7.76. The van der Waals surface area contributed by atoms with Gasteiger partial charge < -0.3 is 24.4 Å². The van der Waals surface area contributed by atoms with Gasteiger partial charge in [-0.05, 0) is 63.7 Å². The topological polar surface area (TPSA) is 161 Å². The Morgan fingerprint density at radius 2 is 1.86 bits per heavy atom. The van der Waals surface area contributed by atoms with E-state index in [0.29, 0.717) is 18.8 Å². The molecule has 0 aromatic rings. The third kappa shape index (κ3) is 4.08. The van der Waals surface area contributed by atoms with Crippen molar-refractivity contribution in [1.82, 2.24) is 4.31 Å². The first-order chi connectivity index (χ1) is 17.1. The van der Waals surface area contributed by atoms with E-state index in [1.54, 1.807) is 13.8 Å². The van der Waals surface area contributed by atoms with Crippen LogP contribution in [-0.4, -0.2) is 88.5 Å². The fourth-order valence-electron chi connectivity index (χ4n) is 7.75. The van der Waals surface area contributed by atoms with Crippen LogP contribution >= 0.6 is 0 Å². The van der Waals surface area contributed by atoms with Gasteiger partial charge in [0.15, 0.2) is 6.10 Å². The van der Waals surface area contributed by atoms with Gasteiger partial charge in [0, 0.05) is 11.8 Å². The Morgan fingerprint density at radius 1 is 1.19 bits per heavy atom. The predicted octanol–water partition coefficient (Wildman–Crippen LogP) is 1.30. The summed E-state index contributed by atoms with van der Waals surface area (Å²) in [7, 11) is -3.89. The molecule has 2 bridgehead atoms. The molecule has 212 valence electrons. The number of ether oxygens (including phenoxy) is 3. The molecule has 5 aliphatic rings. The lowest BCUT2D eigenvalue weighted by Crippen LogP contribution is -2.55. The van der Waals surface area contributed by atoms with E-state index in [1.165, 1.54) is 0 Å². The van der Waals surface area contributed by atoms with Crippen molar-refractivity contribution in [2.75, 3.05) is 19.0 Å². The Labute approximate surface area is 217 Å². The van der Waals surface area contributed by atoms with E-state index in [0.717, 1.165) is 17.1 Å². The molecule has 7 atom stereocenters. The van der Waals surface area contributed by atoms with Crippen molar-refractivity contribution >= 4 is 15.9 Å². The summed E-state index contributed by atoms with van der Waals surface area (Å²) in [5, 5.41) is 34.8. The standard InChI is InChI=1S/C24H39NO11S/c1-20(2)15-5-8-23(20)14-37(30,31)25(16(23)13-15)19(27)18(26)22(4)7-6-17(34-22)21(3,28)9-10-24(35-36-29)32-11-12-33-24/h15-18,26,28-29H,5-14H2,1-4H3/t15-,16-,17+,18+,21-,22-,23-/m0/s1. The Hall–Kier alpha value is -0.900. The highest BCUT2D eigenvalue weighted by Crippen LogP contribution is 2.70. The maximum atomic E-state index is 13.6. The molecule has 3 saturated heterocycles. The fraction of sp³-hybridized carbons (Fsp3) is 0.958. The largest absolute Gasteiger partial charge is 0.387 e. The third-order valence-electron chi connectivity index (χ3n) is 10.3. The van der Waals surface area contributed by atoms with Crippen molar-refractivity contribution in [3.05, 3.63) is 0 Å². The van der Waals surface area contributed by atoms with Gasteiger partial charge in [-0.2, -0.15) is 0 Å². The number of carbonyl (C=O) groups excluding carboxylic acids is 1. The average molecular weight is 550 g/mol. The quantitative estimate of drug-likeness (QED) is 0.296. The van der Waals surface area contributed by atoms with E-state index in [4.69, 9.17) is 24.4 Å². The van der Waals surface area contributed by atoms with Gasteiger partial charge in [0.05, 0.1) is 36.7 Å². The van der Waals surface area contributed by atoms with Crippen molar-refractivity contribution in [2.45, 2.75) is 108 Å². The summed E-state index contributed by atoms with van der Waals surface area (Å²) in [6.07, 6.45) is 0.485. The molecule has 5 fully saturated rings. The van der Waals surface area contributed by atoms with Crippen LogP contribution in [0, 0.1) is 16.7 Å². The Morgan fingerprint density at radius 3 is 2.49 bits per heavy atom. The van der Waals surface area contributed by atoms with Crippen LogP contribution in [0.2, 0.25) is 0 Å². The van der Waals surface area contributed by atoms with Crippen molar-refractivity contribution in [3.8, 4) is 0 Å². The average Bonchev–Trinajstić information content (AvgIpc) is 3.58. The van der Waals surface area contributed by atoms with E-state index in [-0.39, 0.29) is 43.6 Å². The van der Waals surface area contributed by atoms with E-state index >= 15 is 0 Å². The molecule has 0 aromatic heterocycles. The van der Waals surface area contributed by atoms with Crippen LogP contribution in [0.25, 0.3) is 0 Å². The summed E-state index contributed by atoms with van der Waals surface area (Å²) >= 11 is 0. The number of sulfonamides is 1. The summed E-state index contributed by atoms with van der Waals surface area (Å²) in [5.74, 6) is -2.25. The zero-order chi connectivity index (χ0) is 27.1. The first kappa shape index (κ1) is 27.7. The highest BCUT2D eigenvalue weighted by Gasteiger charge is 2.73. The number of amides is 1. The first-order valence-electron chi connectivity index (χ1n) is 13.0. The zero-order valence-electron chi connectivity index (χ0n) is 21.8. The molecule has 3 N–H and O–H groups in total. The van der Waals surface area contributed by atoms with Crippen LogP contribution in [0.15, 0.2) is 0 Å². The third-order valence-corrected chi connectivity index (χ3v) is 12.2. The van der Waals surface area contributed by atoms with Gasteiger partial charge >= 0.3 is 5.97 Å². The van der Waals surface area contributed by atoms with Gasteiger partial charge in [-0.25, -0.2) is 18.0 Å². The molecular formula is C24H39NO11S. The molecule has 3 aliphatic heterocycles. The SMILES string of the molecule is CC1(C)[C@H]2CC[C@@]13CS(=O)(=O)N(C(=O)[C@@H](O)[C@]1(C)CC[C@H]([C@@](C)(O)CCC4(OOO)OCCO4)O1)[C@H]3C2. The van der Waals surface area contributed by atoms with Crippen molar-refractivity contribution in [3.63, 3.8) is 0 Å². The van der Waals surface area contributed by atoms with Gasteiger partial charge in [-0.1, -0.05) is 18.9 Å². The molecule has 1 amide bonds. The molecule has 3 heterocycles. The van der Waals surface area contributed by atoms with Crippen molar-refractivity contribution in [2.24, 2.45) is 16.7 Å². The second kappa shape index (κ2) is 8.80. The summed E-state index contributed by atoms with van der Waals surface area (Å²) in [5.41, 5.74) is -3.51. The van der Waals surface area contributed by atoms with E-state index in [1.807, 2.05) is 0 Å². The minimum atomic E-state index is -3.89. The Kier molecular flexibility index (Phi) is 6.58. The van der Waals surface area contributed by atoms with Crippen molar-refractivity contribution < 1.29 is 52.8 Å². The smallest absolute Gasteiger partial charge is 0.315 e. The van der Waals surface area contributed by atoms with Crippen molar-refractivity contribution in [1.29, 1.82) is 0 Å². The molecule has 0 unspecified atom stereocenters. The Bertz CT molecular complexity index is 1030. The van der Waals surface area contributed by atoms with E-state index in [2.05, 4.69) is 18.9 Å². The normalized spacial score (nSPS) is 41.6. The van der Waals surface area contributed by atoms with Crippen LogP contribution in [-0.2, 0) is 39.0 Å². The number of carbonyl (C=O) groups is 1. The molecule has 12 nitrogen and oxygen atoms in total. The monoisotopic (exact) mass is 549 g/mol. The van der Waals surface area contributed by atoms with Crippen LogP contribution < -0.4 is 0 Å². The van der Waals surface area contributed by atoms with Gasteiger partial charge in [-0.15, -0.1) is 4.89 Å². The zero-order valence-corrected chi connectivity index (χ0v) is 22.7. The molecule has 13 heteroatoms. The van der Waals surface area contributed by atoms with Crippen LogP contribution in [0.4, 0.5) is 0 Å². The molecule has 2 aliphatic carbocycles. The fourth-order valence-corrected chi connectivity index (χ4v) is 10.3. The second-order valence-corrected chi connectivity index (χ2v) is 14.4. The Balaban J connectivity index is 1.28. The molecule has 2 saturated carbocycles. The molecule has 1 spiro atoms. The number of hydrogen-bond acceptors (Lipinski definition) is 11. The minimum Gasteiger partial charge on any atom is -0.387 e. The van der Waals surface area contributed by atoms with Crippen LogP contribution in [0.5, 0.6) is 0 Å². The van der Waals surface area contributed by atoms with Crippen LogP contribution in [0.1, 0.15) is 72.6 Å². The number of fused-ring (bicyclic) bond motifs is 1. The van der Waals surface area contributed by atoms with Gasteiger partial charge in [-0.3, -0.25) is 4.79 Å². The molecule has 0 aromatic carbocycles. The highest BCUT2D eigenvalue weighted by atomic mass is 32.2. The maximum absolute atomic E-state index is 13.6. The molecule has 37 heavy (non-hydrogen) atoms. The number of hydrogen-bond donors (Lipinski definition) is 3. The summed E-state index contributed by atoms with van der Waals surface area (Å²) in [4.78, 5) is 18.3. The molecule has 5 rings (SSSR count). The molecular weight excluding hydrogens is 510 g/mol. The van der Waals surface area contributed by atoms with Gasteiger partial charge in [0.25, 0.3) is 5.91 Å². The summed E-state index contributed by atoms with van der Waals surface area (Å²) in [6, 6.07) is -0.450. The number of aliphatic hydroxyl groups excluding tert-OH is 1. The minimum absolute atomic E-state index is 0.00531. The lowest BCUT2D eigenvalue weighted by Gasteiger charge is -2.39. The lowest BCUT2D eigenvalue weighted by atomic mass is 9.69. The lowest BCUT2D eigenvalue weighted by molar-refractivity contribution is -0.588. The van der Waals surface area contributed by atoms with Crippen LogP contribution in [0.3, 0.4) is 0 Å². The van der Waals surface area contributed by atoms with Gasteiger partial charge in [0.2, 0.25) is 10.0 Å². The van der Waals surface area contributed by atoms with E-state index < -0.39 is 56.8 Å². The number of aliphatic hydroxyl groups is 2. The second-order valence-electron chi connectivity index (χ2n) is 12.5. The molecule has 0 radical (unpaired) electrons. The highest BCUT2D eigenvalue weighted by molar-refractivity contribution is 7.90.